The van der Waals surface area contributed by atoms with Crippen LogP contribution >= 0.6 is 11.6 Å². The zero-order valence-corrected chi connectivity index (χ0v) is 10.0. The Morgan fingerprint density at radius 2 is 2.27 bits per heavy atom. The lowest BCUT2D eigenvalue weighted by Crippen LogP contribution is -2.21. The molecule has 0 bridgehead atoms. The lowest BCUT2D eigenvalue weighted by molar-refractivity contribution is 0.304. The van der Waals surface area contributed by atoms with Gasteiger partial charge >= 0.3 is 0 Å². The van der Waals surface area contributed by atoms with E-state index in [4.69, 9.17) is 11.6 Å². The molecule has 2 rings (SSSR count). The van der Waals surface area contributed by atoms with E-state index in [1.54, 1.807) is 0 Å². The van der Waals surface area contributed by atoms with Crippen LogP contribution in [0.3, 0.4) is 0 Å². The third kappa shape index (κ3) is 3.18. The molecule has 2 unspecified atom stereocenters. The second-order valence-corrected chi connectivity index (χ2v) is 5.01. The van der Waals surface area contributed by atoms with Crippen molar-refractivity contribution in [3.05, 3.63) is 29.0 Å². The molecule has 1 fully saturated rings. The van der Waals surface area contributed by atoms with Crippen molar-refractivity contribution in [3.63, 3.8) is 0 Å². The summed E-state index contributed by atoms with van der Waals surface area (Å²) in [6.45, 7) is 4.38. The van der Waals surface area contributed by atoms with Gasteiger partial charge in [0.05, 0.1) is 5.69 Å². The number of hydrogen-bond donors (Lipinski definition) is 0. The molecular weight excluding hydrogens is 208 g/mol. The number of rotatable bonds is 4. The monoisotopic (exact) mass is 224 g/mol. The van der Waals surface area contributed by atoms with E-state index in [1.807, 2.05) is 18.2 Å². The molecule has 0 aromatic carbocycles. The zero-order chi connectivity index (χ0) is 10.8. The van der Waals surface area contributed by atoms with Crippen LogP contribution in [0.25, 0.3) is 0 Å². The number of hydrogen-bond acceptors (Lipinski definition) is 2. The molecule has 1 aliphatic rings. The van der Waals surface area contributed by atoms with Gasteiger partial charge in [-0.1, -0.05) is 24.6 Å². The van der Waals surface area contributed by atoms with E-state index in [9.17, 15) is 0 Å². The minimum Gasteiger partial charge on any atom is -0.300 e. The van der Waals surface area contributed by atoms with Gasteiger partial charge in [-0.3, -0.25) is 0 Å². The largest absolute Gasteiger partial charge is 0.300 e. The lowest BCUT2D eigenvalue weighted by atomic mass is 10.3. The third-order valence-corrected chi connectivity index (χ3v) is 3.24. The van der Waals surface area contributed by atoms with Crippen LogP contribution in [0.2, 0.25) is 5.15 Å². The fourth-order valence-electron chi connectivity index (χ4n) is 1.93. The first-order valence-corrected chi connectivity index (χ1v) is 5.83. The first kappa shape index (κ1) is 10.9. The van der Waals surface area contributed by atoms with Crippen LogP contribution in [0.15, 0.2) is 18.2 Å². The molecule has 82 valence electrons. The van der Waals surface area contributed by atoms with Crippen molar-refractivity contribution >= 4 is 11.6 Å². The molecule has 1 heterocycles. The molecular formula is C12H17ClN2. The molecule has 1 aromatic heterocycles. The highest BCUT2D eigenvalue weighted by molar-refractivity contribution is 6.29. The van der Waals surface area contributed by atoms with Crippen molar-refractivity contribution in [3.8, 4) is 0 Å². The molecule has 0 amide bonds. The third-order valence-electron chi connectivity index (χ3n) is 3.03. The molecule has 0 saturated heterocycles. The first-order chi connectivity index (χ1) is 7.15. The zero-order valence-electron chi connectivity index (χ0n) is 9.28. The van der Waals surface area contributed by atoms with Gasteiger partial charge in [0.2, 0.25) is 0 Å². The second-order valence-electron chi connectivity index (χ2n) is 4.62. The smallest absolute Gasteiger partial charge is 0.129 e. The van der Waals surface area contributed by atoms with Crippen LogP contribution in [0, 0.1) is 11.8 Å². The molecule has 1 aliphatic carbocycles. The minimum atomic E-state index is 0.584. The summed E-state index contributed by atoms with van der Waals surface area (Å²) in [5.41, 5.74) is 1.05. The number of nitrogens with zero attached hydrogens (tertiary/aromatic N) is 2. The Morgan fingerprint density at radius 3 is 2.87 bits per heavy atom. The summed E-state index contributed by atoms with van der Waals surface area (Å²) in [6, 6.07) is 5.80. The summed E-state index contributed by atoms with van der Waals surface area (Å²) >= 11 is 5.84. The summed E-state index contributed by atoms with van der Waals surface area (Å²) in [7, 11) is 2.15. The van der Waals surface area contributed by atoms with E-state index < -0.39 is 0 Å². The highest BCUT2D eigenvalue weighted by atomic mass is 35.5. The fourth-order valence-corrected chi connectivity index (χ4v) is 2.11. The van der Waals surface area contributed by atoms with Crippen molar-refractivity contribution < 1.29 is 0 Å². The van der Waals surface area contributed by atoms with Crippen LogP contribution in [0.5, 0.6) is 0 Å². The molecule has 3 heteroatoms. The molecule has 0 aliphatic heterocycles. The maximum Gasteiger partial charge on any atom is 0.129 e. The van der Waals surface area contributed by atoms with E-state index in [-0.39, 0.29) is 0 Å². The summed E-state index contributed by atoms with van der Waals surface area (Å²) in [5.74, 6) is 1.81. The van der Waals surface area contributed by atoms with Gasteiger partial charge < -0.3 is 4.90 Å². The van der Waals surface area contributed by atoms with E-state index in [1.165, 1.54) is 13.0 Å². The number of halogens is 1. The predicted molar refractivity (Wildman–Crippen MR) is 62.9 cm³/mol. The molecule has 2 nitrogen and oxygen atoms in total. The summed E-state index contributed by atoms with van der Waals surface area (Å²) in [5, 5.41) is 0.584. The molecule has 2 atom stereocenters. The van der Waals surface area contributed by atoms with Crippen LogP contribution in [-0.2, 0) is 6.54 Å². The maximum absolute atomic E-state index is 5.84. The Kier molecular flexibility index (Phi) is 3.27. The van der Waals surface area contributed by atoms with Crippen molar-refractivity contribution in [2.75, 3.05) is 13.6 Å². The number of aromatic nitrogens is 1. The van der Waals surface area contributed by atoms with E-state index in [2.05, 4.69) is 23.9 Å². The van der Waals surface area contributed by atoms with E-state index in [0.717, 1.165) is 24.1 Å². The Morgan fingerprint density at radius 1 is 1.53 bits per heavy atom. The quantitative estimate of drug-likeness (QED) is 0.732. The summed E-state index contributed by atoms with van der Waals surface area (Å²) in [6.07, 6.45) is 1.38. The van der Waals surface area contributed by atoms with Crippen LogP contribution in [0.4, 0.5) is 0 Å². The normalized spacial score (nSPS) is 24.5. The van der Waals surface area contributed by atoms with Gasteiger partial charge in [0.25, 0.3) is 0 Å². The highest BCUT2D eigenvalue weighted by Gasteiger charge is 2.32. The predicted octanol–water partition coefficient (Wildman–Crippen LogP) is 2.82. The van der Waals surface area contributed by atoms with E-state index in [0.29, 0.717) is 5.15 Å². The van der Waals surface area contributed by atoms with Gasteiger partial charge in [0, 0.05) is 13.1 Å². The summed E-state index contributed by atoms with van der Waals surface area (Å²) in [4.78, 5) is 6.61. The molecule has 0 radical (unpaired) electrons. The van der Waals surface area contributed by atoms with Crippen molar-refractivity contribution in [2.24, 2.45) is 11.8 Å². The van der Waals surface area contributed by atoms with Crippen LogP contribution in [-0.4, -0.2) is 23.5 Å². The fraction of sp³-hybridized carbons (Fsp3) is 0.583. The molecule has 1 aromatic rings. The molecule has 0 spiro atoms. The van der Waals surface area contributed by atoms with Gasteiger partial charge in [-0.25, -0.2) is 4.98 Å². The van der Waals surface area contributed by atoms with Crippen LogP contribution < -0.4 is 0 Å². The lowest BCUT2D eigenvalue weighted by Gasteiger charge is -2.15. The van der Waals surface area contributed by atoms with Gasteiger partial charge in [0.1, 0.15) is 5.15 Å². The van der Waals surface area contributed by atoms with Crippen molar-refractivity contribution in [1.29, 1.82) is 0 Å². The van der Waals surface area contributed by atoms with Gasteiger partial charge in [-0.05, 0) is 37.4 Å². The van der Waals surface area contributed by atoms with Crippen LogP contribution in [0.1, 0.15) is 19.0 Å². The Labute approximate surface area is 96.3 Å². The topological polar surface area (TPSA) is 16.1 Å². The molecule has 1 saturated carbocycles. The second kappa shape index (κ2) is 4.50. The average molecular weight is 225 g/mol. The molecule has 0 N–H and O–H groups in total. The maximum atomic E-state index is 5.84. The van der Waals surface area contributed by atoms with Crippen molar-refractivity contribution in [1.82, 2.24) is 9.88 Å². The average Bonchev–Trinajstić information content (AvgIpc) is 2.81. The number of pyridine rings is 1. The Bertz CT molecular complexity index is 340. The van der Waals surface area contributed by atoms with E-state index >= 15 is 0 Å². The summed E-state index contributed by atoms with van der Waals surface area (Å²) < 4.78 is 0. The Balaban J connectivity index is 1.85. The SMILES string of the molecule is CC1CC1CN(C)Cc1cccc(Cl)n1. The van der Waals surface area contributed by atoms with Gasteiger partial charge in [-0.2, -0.15) is 0 Å². The standard InChI is InChI=1S/C12H17ClN2/c1-9-6-10(9)7-15(2)8-11-4-3-5-12(13)14-11/h3-5,9-10H,6-8H2,1-2H3. The first-order valence-electron chi connectivity index (χ1n) is 5.45. The van der Waals surface area contributed by atoms with Crippen molar-refractivity contribution in [2.45, 2.75) is 19.9 Å². The van der Waals surface area contributed by atoms with Gasteiger partial charge in [-0.15, -0.1) is 0 Å². The minimum absolute atomic E-state index is 0.584. The Hall–Kier alpha value is -0.600. The highest BCUT2D eigenvalue weighted by Crippen LogP contribution is 2.38. The van der Waals surface area contributed by atoms with Gasteiger partial charge in [0.15, 0.2) is 0 Å². The molecule has 15 heavy (non-hydrogen) atoms.